The first-order chi connectivity index (χ1) is 12.0. The van der Waals surface area contributed by atoms with E-state index in [1.165, 1.54) is 0 Å². The Morgan fingerprint density at radius 1 is 1.08 bits per heavy atom. The zero-order chi connectivity index (χ0) is 18.2. The smallest absolute Gasteiger partial charge is 0.242 e. The van der Waals surface area contributed by atoms with E-state index in [9.17, 15) is 9.59 Å². The second-order valence-electron chi connectivity index (χ2n) is 5.93. The molecule has 0 saturated carbocycles. The number of carbonyl (C=O) groups excluding carboxylic acids is 2. The first kappa shape index (κ1) is 19.0. The topological polar surface area (TPSA) is 49.4 Å². The molecule has 1 N–H and O–H groups in total. The molecule has 0 aliphatic rings. The van der Waals surface area contributed by atoms with E-state index in [4.69, 9.17) is 11.6 Å². The van der Waals surface area contributed by atoms with Crippen LogP contribution in [0.4, 0.5) is 0 Å². The van der Waals surface area contributed by atoms with Crippen LogP contribution in [0, 0.1) is 0 Å². The minimum Gasteiger partial charge on any atom is -0.357 e. The Balaban J connectivity index is 2.12. The van der Waals surface area contributed by atoms with Gasteiger partial charge in [0.1, 0.15) is 6.04 Å². The minimum atomic E-state index is -0.549. The van der Waals surface area contributed by atoms with Crippen LogP contribution < -0.4 is 5.32 Å². The number of hydrogen-bond donors (Lipinski definition) is 1. The molecule has 0 heterocycles. The number of hydrogen-bond acceptors (Lipinski definition) is 2. The lowest BCUT2D eigenvalue weighted by Gasteiger charge is -2.28. The van der Waals surface area contributed by atoms with Crippen LogP contribution in [-0.4, -0.2) is 29.8 Å². The molecule has 0 spiro atoms. The van der Waals surface area contributed by atoms with Gasteiger partial charge in [0.15, 0.2) is 0 Å². The third-order valence-electron chi connectivity index (χ3n) is 4.13. The van der Waals surface area contributed by atoms with Crippen molar-refractivity contribution in [3.63, 3.8) is 0 Å². The number of benzene rings is 2. The molecular formula is C20H23ClN2O2. The van der Waals surface area contributed by atoms with E-state index >= 15 is 0 Å². The zero-order valence-corrected chi connectivity index (χ0v) is 15.3. The zero-order valence-electron chi connectivity index (χ0n) is 14.5. The quantitative estimate of drug-likeness (QED) is 0.824. The SMILES string of the molecule is CNC(=O)C(C)N(Cc1cccc(Cl)c1)C(=O)CCc1ccccc1. The molecule has 2 rings (SSSR count). The van der Waals surface area contributed by atoms with Crippen LogP contribution in [-0.2, 0) is 22.6 Å². The Hall–Kier alpha value is -2.33. The van der Waals surface area contributed by atoms with Crippen molar-refractivity contribution in [2.45, 2.75) is 32.4 Å². The molecule has 2 amide bonds. The summed E-state index contributed by atoms with van der Waals surface area (Å²) in [6.45, 7) is 2.09. The minimum absolute atomic E-state index is 0.0556. The number of halogens is 1. The number of nitrogens with zero attached hydrogens (tertiary/aromatic N) is 1. The van der Waals surface area contributed by atoms with Gasteiger partial charge in [0, 0.05) is 25.0 Å². The Labute approximate surface area is 153 Å². The van der Waals surface area contributed by atoms with Crippen molar-refractivity contribution in [2.75, 3.05) is 7.05 Å². The summed E-state index contributed by atoms with van der Waals surface area (Å²) in [6.07, 6.45) is 0.998. The first-order valence-corrected chi connectivity index (χ1v) is 8.68. The molecule has 0 aromatic heterocycles. The molecule has 0 saturated heterocycles. The van der Waals surface area contributed by atoms with Crippen LogP contribution in [0.25, 0.3) is 0 Å². The summed E-state index contributed by atoms with van der Waals surface area (Å²) >= 11 is 6.04. The highest BCUT2D eigenvalue weighted by molar-refractivity contribution is 6.30. The van der Waals surface area contributed by atoms with Gasteiger partial charge in [-0.05, 0) is 36.6 Å². The van der Waals surface area contributed by atoms with Gasteiger partial charge in [-0.3, -0.25) is 9.59 Å². The third kappa shape index (κ3) is 5.61. The van der Waals surface area contributed by atoms with E-state index < -0.39 is 6.04 Å². The van der Waals surface area contributed by atoms with Crippen LogP contribution in [0.15, 0.2) is 54.6 Å². The van der Waals surface area contributed by atoms with Gasteiger partial charge in [-0.15, -0.1) is 0 Å². The monoisotopic (exact) mass is 358 g/mol. The van der Waals surface area contributed by atoms with Gasteiger partial charge >= 0.3 is 0 Å². The van der Waals surface area contributed by atoms with Crippen molar-refractivity contribution < 1.29 is 9.59 Å². The summed E-state index contributed by atoms with van der Waals surface area (Å²) in [5.41, 5.74) is 2.00. The summed E-state index contributed by atoms with van der Waals surface area (Å²) in [4.78, 5) is 26.4. The lowest BCUT2D eigenvalue weighted by Crippen LogP contribution is -2.46. The lowest BCUT2D eigenvalue weighted by molar-refractivity contribution is -0.140. The van der Waals surface area contributed by atoms with Crippen molar-refractivity contribution in [3.05, 3.63) is 70.7 Å². The molecule has 0 bridgehead atoms. The van der Waals surface area contributed by atoms with E-state index in [-0.39, 0.29) is 11.8 Å². The summed E-state index contributed by atoms with van der Waals surface area (Å²) < 4.78 is 0. The fourth-order valence-electron chi connectivity index (χ4n) is 2.66. The van der Waals surface area contributed by atoms with Gasteiger partial charge in [-0.25, -0.2) is 0 Å². The van der Waals surface area contributed by atoms with Crippen LogP contribution in [0.5, 0.6) is 0 Å². The molecule has 1 atom stereocenters. The normalized spacial score (nSPS) is 11.6. The molecule has 0 aliphatic carbocycles. The van der Waals surface area contributed by atoms with Crippen LogP contribution >= 0.6 is 11.6 Å². The van der Waals surface area contributed by atoms with E-state index in [2.05, 4.69) is 5.32 Å². The second kappa shape index (κ2) is 9.23. The maximum atomic E-state index is 12.8. The van der Waals surface area contributed by atoms with Gasteiger partial charge in [0.05, 0.1) is 0 Å². The van der Waals surface area contributed by atoms with Crippen LogP contribution in [0.1, 0.15) is 24.5 Å². The number of rotatable bonds is 7. The van der Waals surface area contributed by atoms with Crippen molar-refractivity contribution >= 4 is 23.4 Å². The van der Waals surface area contributed by atoms with Gasteiger partial charge in [-0.1, -0.05) is 54.1 Å². The predicted octanol–water partition coefficient (Wildman–Crippen LogP) is 3.44. The maximum Gasteiger partial charge on any atom is 0.242 e. The largest absolute Gasteiger partial charge is 0.357 e. The van der Waals surface area contributed by atoms with E-state index in [1.54, 1.807) is 24.9 Å². The molecule has 1 unspecified atom stereocenters. The fraction of sp³-hybridized carbons (Fsp3) is 0.300. The fourth-order valence-corrected chi connectivity index (χ4v) is 2.88. The first-order valence-electron chi connectivity index (χ1n) is 8.30. The van der Waals surface area contributed by atoms with Crippen molar-refractivity contribution in [2.24, 2.45) is 0 Å². The van der Waals surface area contributed by atoms with Gasteiger partial charge < -0.3 is 10.2 Å². The maximum absolute atomic E-state index is 12.8. The van der Waals surface area contributed by atoms with Crippen molar-refractivity contribution in [1.29, 1.82) is 0 Å². The molecule has 25 heavy (non-hydrogen) atoms. The number of likely N-dealkylation sites (N-methyl/N-ethyl adjacent to an activating group) is 1. The summed E-state index contributed by atoms with van der Waals surface area (Å²) in [7, 11) is 1.57. The lowest BCUT2D eigenvalue weighted by atomic mass is 10.1. The molecule has 5 heteroatoms. The van der Waals surface area contributed by atoms with Gasteiger partial charge in [0.25, 0.3) is 0 Å². The van der Waals surface area contributed by atoms with E-state index in [0.717, 1.165) is 11.1 Å². The number of carbonyl (C=O) groups is 2. The third-order valence-corrected chi connectivity index (χ3v) is 4.36. The Kier molecular flexibility index (Phi) is 7.02. The second-order valence-corrected chi connectivity index (χ2v) is 6.36. The number of aryl methyl sites for hydroxylation is 1. The van der Waals surface area contributed by atoms with Crippen molar-refractivity contribution in [3.8, 4) is 0 Å². The highest BCUT2D eigenvalue weighted by Gasteiger charge is 2.25. The standard InChI is InChI=1S/C20H23ClN2O2/c1-15(20(25)22-2)23(14-17-9-6-10-18(21)13-17)19(24)12-11-16-7-4-3-5-8-16/h3-10,13,15H,11-12,14H2,1-2H3,(H,22,25). The molecule has 2 aromatic carbocycles. The van der Waals surface area contributed by atoms with Gasteiger partial charge in [-0.2, -0.15) is 0 Å². The van der Waals surface area contributed by atoms with Crippen molar-refractivity contribution in [1.82, 2.24) is 10.2 Å². The van der Waals surface area contributed by atoms with Crippen LogP contribution in [0.2, 0.25) is 5.02 Å². The Bertz CT molecular complexity index is 719. The summed E-state index contributed by atoms with van der Waals surface area (Å²) in [5.74, 6) is -0.241. The number of amides is 2. The predicted molar refractivity (Wildman–Crippen MR) is 100 cm³/mol. The highest BCUT2D eigenvalue weighted by Crippen LogP contribution is 2.16. The summed E-state index contributed by atoms with van der Waals surface area (Å²) in [6, 6.07) is 16.7. The summed E-state index contributed by atoms with van der Waals surface area (Å²) in [5, 5.41) is 3.22. The molecule has 132 valence electrons. The highest BCUT2D eigenvalue weighted by atomic mass is 35.5. The van der Waals surface area contributed by atoms with Crippen LogP contribution in [0.3, 0.4) is 0 Å². The molecule has 4 nitrogen and oxygen atoms in total. The molecule has 2 aromatic rings. The molecular weight excluding hydrogens is 336 g/mol. The Morgan fingerprint density at radius 3 is 2.40 bits per heavy atom. The Morgan fingerprint density at radius 2 is 1.76 bits per heavy atom. The molecule has 0 fully saturated rings. The van der Waals surface area contributed by atoms with E-state index in [0.29, 0.717) is 24.4 Å². The van der Waals surface area contributed by atoms with E-state index in [1.807, 2.05) is 48.5 Å². The average Bonchev–Trinajstić information content (AvgIpc) is 2.64. The average molecular weight is 359 g/mol. The molecule has 0 radical (unpaired) electrons. The number of nitrogens with one attached hydrogen (secondary N) is 1. The molecule has 0 aliphatic heterocycles. The van der Waals surface area contributed by atoms with Gasteiger partial charge in [0.2, 0.25) is 11.8 Å².